The molecule has 0 spiro atoms. The molecule has 0 aliphatic carbocycles. The summed E-state index contributed by atoms with van der Waals surface area (Å²) in [6.07, 6.45) is -2.68. The Morgan fingerprint density at radius 3 is 2.24 bits per heavy atom. The average molecular weight is 245 g/mol. The Morgan fingerprint density at radius 1 is 1.06 bits per heavy atom. The van der Waals surface area contributed by atoms with Crippen LogP contribution in [0.3, 0.4) is 0 Å². The minimum Gasteiger partial charge on any atom is -0.330 e. The van der Waals surface area contributed by atoms with E-state index in [0.29, 0.717) is 12.8 Å². The highest BCUT2D eigenvalue weighted by Crippen LogP contribution is 2.32. The number of hydrogen-bond donors (Lipinski definition) is 1. The normalized spacial score (nSPS) is 13.6. The van der Waals surface area contributed by atoms with Crippen molar-refractivity contribution in [2.75, 3.05) is 6.54 Å². The zero-order valence-electron chi connectivity index (χ0n) is 9.71. The van der Waals surface area contributed by atoms with Gasteiger partial charge in [-0.1, -0.05) is 30.3 Å². The Balaban J connectivity index is 2.37. The van der Waals surface area contributed by atoms with Crippen molar-refractivity contribution in [2.24, 2.45) is 11.7 Å². The van der Waals surface area contributed by atoms with Gasteiger partial charge >= 0.3 is 6.18 Å². The molecule has 0 heterocycles. The second-order valence-electron chi connectivity index (χ2n) is 4.19. The highest BCUT2D eigenvalue weighted by Gasteiger charge is 2.37. The van der Waals surface area contributed by atoms with Crippen LogP contribution in [0.2, 0.25) is 0 Å². The maximum atomic E-state index is 12.6. The standard InChI is InChI=1S/C13H18F3N/c14-13(15,16)12(9-10-17)8-4-7-11-5-2-1-3-6-11/h1-3,5-6,12H,4,7-10,17H2. The quantitative estimate of drug-likeness (QED) is 0.815. The van der Waals surface area contributed by atoms with Gasteiger partial charge in [0.05, 0.1) is 5.92 Å². The molecule has 0 amide bonds. The second kappa shape index (κ2) is 6.64. The fourth-order valence-electron chi connectivity index (χ4n) is 1.87. The minimum atomic E-state index is -4.12. The first kappa shape index (κ1) is 14.0. The van der Waals surface area contributed by atoms with E-state index in [0.717, 1.165) is 5.56 Å². The van der Waals surface area contributed by atoms with Crippen molar-refractivity contribution in [3.8, 4) is 0 Å². The molecular weight excluding hydrogens is 227 g/mol. The van der Waals surface area contributed by atoms with E-state index in [-0.39, 0.29) is 19.4 Å². The van der Waals surface area contributed by atoms with E-state index in [4.69, 9.17) is 5.73 Å². The van der Waals surface area contributed by atoms with Crippen LogP contribution in [0.1, 0.15) is 24.8 Å². The lowest BCUT2D eigenvalue weighted by atomic mass is 9.96. The molecular formula is C13H18F3N. The van der Waals surface area contributed by atoms with Crippen molar-refractivity contribution in [1.82, 2.24) is 0 Å². The lowest BCUT2D eigenvalue weighted by molar-refractivity contribution is -0.177. The van der Waals surface area contributed by atoms with Crippen LogP contribution in [0.4, 0.5) is 13.2 Å². The minimum absolute atomic E-state index is 0.0261. The van der Waals surface area contributed by atoms with Crippen LogP contribution in [0.15, 0.2) is 30.3 Å². The molecule has 1 rings (SSSR count). The molecule has 1 nitrogen and oxygen atoms in total. The Kier molecular flexibility index (Phi) is 5.48. The molecule has 0 aromatic heterocycles. The van der Waals surface area contributed by atoms with E-state index in [9.17, 15) is 13.2 Å². The lowest BCUT2D eigenvalue weighted by Crippen LogP contribution is -2.25. The lowest BCUT2D eigenvalue weighted by Gasteiger charge is -2.19. The molecule has 0 radical (unpaired) electrons. The van der Waals surface area contributed by atoms with Crippen molar-refractivity contribution in [2.45, 2.75) is 31.9 Å². The molecule has 0 saturated carbocycles. The maximum absolute atomic E-state index is 12.6. The van der Waals surface area contributed by atoms with Crippen molar-refractivity contribution in [3.05, 3.63) is 35.9 Å². The van der Waals surface area contributed by atoms with Gasteiger partial charge in [-0.3, -0.25) is 0 Å². The van der Waals surface area contributed by atoms with Crippen molar-refractivity contribution >= 4 is 0 Å². The first-order valence-electron chi connectivity index (χ1n) is 5.84. The molecule has 17 heavy (non-hydrogen) atoms. The summed E-state index contributed by atoms with van der Waals surface area (Å²) in [6, 6.07) is 9.57. The molecule has 0 aliphatic rings. The predicted octanol–water partition coefficient (Wildman–Crippen LogP) is 3.54. The SMILES string of the molecule is NCCC(CCCc1ccccc1)C(F)(F)F. The summed E-state index contributed by atoms with van der Waals surface area (Å²) in [5, 5.41) is 0. The van der Waals surface area contributed by atoms with Crippen LogP contribution >= 0.6 is 0 Å². The van der Waals surface area contributed by atoms with Crippen molar-refractivity contribution in [3.63, 3.8) is 0 Å². The van der Waals surface area contributed by atoms with Gasteiger partial charge in [0.25, 0.3) is 0 Å². The van der Waals surface area contributed by atoms with Gasteiger partial charge in [0, 0.05) is 0 Å². The van der Waals surface area contributed by atoms with Gasteiger partial charge in [0.1, 0.15) is 0 Å². The number of nitrogens with two attached hydrogens (primary N) is 1. The van der Waals surface area contributed by atoms with Crippen LogP contribution < -0.4 is 5.73 Å². The topological polar surface area (TPSA) is 26.0 Å². The summed E-state index contributed by atoms with van der Waals surface area (Å²) in [5.74, 6) is -1.25. The zero-order valence-corrected chi connectivity index (χ0v) is 9.71. The third-order valence-electron chi connectivity index (χ3n) is 2.84. The van der Waals surface area contributed by atoms with Crippen molar-refractivity contribution in [1.29, 1.82) is 0 Å². The van der Waals surface area contributed by atoms with Crippen LogP contribution in [0, 0.1) is 5.92 Å². The molecule has 4 heteroatoms. The van der Waals surface area contributed by atoms with Crippen LogP contribution in [0.5, 0.6) is 0 Å². The molecule has 0 saturated heterocycles. The zero-order chi connectivity index (χ0) is 12.7. The van der Waals surface area contributed by atoms with E-state index in [1.807, 2.05) is 30.3 Å². The van der Waals surface area contributed by atoms with Crippen LogP contribution in [-0.2, 0) is 6.42 Å². The maximum Gasteiger partial charge on any atom is 0.391 e. The van der Waals surface area contributed by atoms with Gasteiger partial charge in [-0.25, -0.2) is 0 Å². The fraction of sp³-hybridized carbons (Fsp3) is 0.538. The van der Waals surface area contributed by atoms with E-state index in [1.165, 1.54) is 0 Å². The highest BCUT2D eigenvalue weighted by molar-refractivity contribution is 5.14. The van der Waals surface area contributed by atoms with Gasteiger partial charge < -0.3 is 5.73 Å². The summed E-state index contributed by atoms with van der Waals surface area (Å²) in [6.45, 7) is 0.0928. The summed E-state index contributed by atoms with van der Waals surface area (Å²) in [4.78, 5) is 0. The molecule has 1 aromatic carbocycles. The van der Waals surface area contributed by atoms with Gasteiger partial charge in [0.15, 0.2) is 0 Å². The fourth-order valence-corrected chi connectivity index (χ4v) is 1.87. The molecule has 96 valence electrons. The average Bonchev–Trinajstić information content (AvgIpc) is 2.28. The molecule has 1 unspecified atom stereocenters. The largest absolute Gasteiger partial charge is 0.391 e. The number of halogens is 3. The Labute approximate surface area is 99.8 Å². The first-order valence-corrected chi connectivity index (χ1v) is 5.84. The second-order valence-corrected chi connectivity index (χ2v) is 4.19. The van der Waals surface area contributed by atoms with Gasteiger partial charge in [0.2, 0.25) is 0 Å². The molecule has 0 fully saturated rings. The number of alkyl halides is 3. The highest BCUT2D eigenvalue weighted by atomic mass is 19.4. The van der Waals surface area contributed by atoms with Crippen molar-refractivity contribution < 1.29 is 13.2 Å². The molecule has 2 N–H and O–H groups in total. The molecule has 1 aromatic rings. The smallest absolute Gasteiger partial charge is 0.330 e. The number of hydrogen-bond acceptors (Lipinski definition) is 1. The van der Waals surface area contributed by atoms with E-state index < -0.39 is 12.1 Å². The first-order chi connectivity index (χ1) is 8.04. The third kappa shape index (κ3) is 5.22. The predicted molar refractivity (Wildman–Crippen MR) is 62.6 cm³/mol. The number of aryl methyl sites for hydroxylation is 1. The third-order valence-corrected chi connectivity index (χ3v) is 2.84. The van der Waals surface area contributed by atoms with E-state index >= 15 is 0 Å². The summed E-state index contributed by atoms with van der Waals surface area (Å²) in [7, 11) is 0. The number of rotatable bonds is 6. The Bertz CT molecular complexity index is 308. The Hall–Kier alpha value is -1.03. The van der Waals surface area contributed by atoms with E-state index in [2.05, 4.69) is 0 Å². The van der Waals surface area contributed by atoms with E-state index in [1.54, 1.807) is 0 Å². The summed E-state index contributed by atoms with van der Waals surface area (Å²) < 4.78 is 37.7. The summed E-state index contributed by atoms with van der Waals surface area (Å²) >= 11 is 0. The van der Waals surface area contributed by atoms with Gasteiger partial charge in [-0.2, -0.15) is 13.2 Å². The molecule has 1 atom stereocenters. The monoisotopic (exact) mass is 245 g/mol. The number of benzene rings is 1. The Morgan fingerprint density at radius 2 is 1.71 bits per heavy atom. The van der Waals surface area contributed by atoms with Gasteiger partial charge in [-0.15, -0.1) is 0 Å². The molecule has 0 aliphatic heterocycles. The summed E-state index contributed by atoms with van der Waals surface area (Å²) in [5.41, 5.74) is 6.29. The van der Waals surface area contributed by atoms with Gasteiger partial charge in [-0.05, 0) is 37.8 Å². The van der Waals surface area contributed by atoms with Crippen LogP contribution in [-0.4, -0.2) is 12.7 Å². The van der Waals surface area contributed by atoms with Crippen LogP contribution in [0.25, 0.3) is 0 Å². The molecule has 0 bridgehead atoms.